The molecular weight excluding hydrogens is 317 g/mol. The zero-order valence-corrected chi connectivity index (χ0v) is 12.0. The molecule has 0 saturated heterocycles. The summed E-state index contributed by atoms with van der Waals surface area (Å²) >= 11 is 0. The van der Waals surface area contributed by atoms with Crippen molar-refractivity contribution >= 4 is 0 Å². The van der Waals surface area contributed by atoms with Crippen molar-refractivity contribution in [3.63, 3.8) is 0 Å². The number of rotatable bonds is 0. The maximum Gasteiger partial charge on any atom is 2.00 e. The molecule has 0 spiro atoms. The van der Waals surface area contributed by atoms with Gasteiger partial charge >= 0.3 is 42.2 Å². The molecule has 2 aromatic rings. The topological polar surface area (TPSA) is 203 Å². The van der Waals surface area contributed by atoms with Crippen molar-refractivity contribution in [1.82, 2.24) is 29.9 Å². The van der Waals surface area contributed by atoms with Gasteiger partial charge in [-0.3, -0.25) is 9.97 Å². The molecule has 0 aliphatic carbocycles. The van der Waals surface area contributed by atoms with Crippen LogP contribution in [0.3, 0.4) is 0 Å². The molecule has 2 heterocycles. The van der Waals surface area contributed by atoms with E-state index >= 15 is 0 Å². The Hall–Kier alpha value is -2.56. The average Bonchev–Trinajstić information content (AvgIpc) is 2.12. The van der Waals surface area contributed by atoms with Crippen molar-refractivity contribution in [2.24, 2.45) is 0 Å². The zero-order chi connectivity index (χ0) is 13.7. The van der Waals surface area contributed by atoms with Gasteiger partial charge in [-0.1, -0.05) is 0 Å². The summed E-state index contributed by atoms with van der Waals surface area (Å²) in [6.45, 7) is 0. The van der Waals surface area contributed by atoms with Crippen molar-refractivity contribution in [1.29, 1.82) is 0 Å². The quantitative estimate of drug-likeness (QED) is 0.345. The second-order valence-corrected chi connectivity index (χ2v) is 2.60. The predicted molar refractivity (Wildman–Crippen MR) is 49.8 cm³/mol. The SMILES string of the molecule is O=c1nc([O-])[nH]c(=O)[nH]1.O=c1nc([O-])[nH]c(=O)[nH]1.[Zn+2]. The summed E-state index contributed by atoms with van der Waals surface area (Å²) in [6.07, 6.45) is 0. The molecule has 0 unspecified atom stereocenters. The Labute approximate surface area is 114 Å². The van der Waals surface area contributed by atoms with Gasteiger partial charge in [-0.25, -0.2) is 19.2 Å². The Kier molecular flexibility index (Phi) is 6.06. The Balaban J connectivity index is 0.000000324. The number of nitrogens with one attached hydrogen (secondary N) is 4. The average molecular weight is 322 g/mol. The maximum atomic E-state index is 10.2. The van der Waals surface area contributed by atoms with Gasteiger partial charge in [0.05, 0.1) is 12.0 Å². The molecule has 4 N–H and O–H groups in total. The van der Waals surface area contributed by atoms with E-state index in [1.165, 1.54) is 0 Å². The second-order valence-electron chi connectivity index (χ2n) is 2.60. The van der Waals surface area contributed by atoms with Gasteiger partial charge in [0.25, 0.3) is 0 Å². The van der Waals surface area contributed by atoms with Crippen molar-refractivity contribution in [3.8, 4) is 12.0 Å². The third-order valence-electron chi connectivity index (χ3n) is 1.29. The van der Waals surface area contributed by atoms with Crippen LogP contribution in [-0.2, 0) is 19.5 Å². The molecule has 0 atom stereocenters. The summed E-state index contributed by atoms with van der Waals surface area (Å²) < 4.78 is 0. The number of H-pyrrole nitrogens is 4. The van der Waals surface area contributed by atoms with E-state index in [0.717, 1.165) is 0 Å². The minimum Gasteiger partial charge on any atom is -0.846 e. The maximum absolute atomic E-state index is 10.2. The van der Waals surface area contributed by atoms with Crippen molar-refractivity contribution < 1.29 is 29.7 Å². The van der Waals surface area contributed by atoms with Gasteiger partial charge in [-0.2, -0.15) is 9.97 Å². The molecule has 0 bridgehead atoms. The molecule has 2 rings (SSSR count). The number of hydrogen-bond donors (Lipinski definition) is 4. The van der Waals surface area contributed by atoms with Crippen LogP contribution in [-0.4, -0.2) is 29.9 Å². The molecule has 19 heavy (non-hydrogen) atoms. The second kappa shape index (κ2) is 7.01. The molecule has 0 amide bonds. The third kappa shape index (κ3) is 6.07. The van der Waals surface area contributed by atoms with Crippen LogP contribution < -0.4 is 33.0 Å². The molecule has 0 radical (unpaired) electrons. The van der Waals surface area contributed by atoms with E-state index in [1.807, 2.05) is 0 Å². The van der Waals surface area contributed by atoms with Crippen LogP contribution in [0.2, 0.25) is 0 Å². The van der Waals surface area contributed by atoms with Gasteiger partial charge in [0.1, 0.15) is 0 Å². The first-order valence-electron chi connectivity index (χ1n) is 4.12. The van der Waals surface area contributed by atoms with Crippen LogP contribution in [0, 0.1) is 0 Å². The molecule has 0 aliphatic heterocycles. The molecule has 2 aromatic heterocycles. The largest absolute Gasteiger partial charge is 2.00 e. The van der Waals surface area contributed by atoms with Crippen molar-refractivity contribution in [2.45, 2.75) is 0 Å². The first-order chi connectivity index (χ1) is 8.36. The standard InChI is InChI=1S/2C3H3N3O3.Zn/c2*7-1-4-2(8)6-3(9)5-1;/h2*(H3,4,5,6,7,8,9);/q;;+2/p-2. The van der Waals surface area contributed by atoms with Gasteiger partial charge in [0.2, 0.25) is 0 Å². The van der Waals surface area contributed by atoms with Crippen LogP contribution in [0.5, 0.6) is 12.0 Å². The molecule has 0 aliphatic rings. The van der Waals surface area contributed by atoms with Crippen molar-refractivity contribution in [3.05, 3.63) is 41.9 Å². The fourth-order valence-electron chi connectivity index (χ4n) is 0.747. The summed E-state index contributed by atoms with van der Waals surface area (Å²) in [7, 11) is 0. The Bertz CT molecular complexity index is 636. The van der Waals surface area contributed by atoms with E-state index in [4.69, 9.17) is 0 Å². The van der Waals surface area contributed by atoms with Crippen LogP contribution >= 0.6 is 0 Å². The zero-order valence-electron chi connectivity index (χ0n) is 9.05. The van der Waals surface area contributed by atoms with E-state index < -0.39 is 34.8 Å². The number of aromatic nitrogens is 6. The summed E-state index contributed by atoms with van der Waals surface area (Å²) in [5, 5.41) is 20.2. The van der Waals surface area contributed by atoms with Gasteiger partial charge in [0, 0.05) is 0 Å². The summed E-state index contributed by atoms with van der Waals surface area (Å²) in [6, 6.07) is -1.85. The number of hydrogen-bond acceptors (Lipinski definition) is 8. The monoisotopic (exact) mass is 320 g/mol. The first-order valence-corrected chi connectivity index (χ1v) is 4.12. The van der Waals surface area contributed by atoms with Gasteiger partial charge in [-0.05, 0) is 0 Å². The van der Waals surface area contributed by atoms with E-state index in [1.54, 1.807) is 19.9 Å². The normalized spacial score (nSPS) is 8.84. The molecule has 96 valence electrons. The first kappa shape index (κ1) is 16.4. The van der Waals surface area contributed by atoms with E-state index in [2.05, 4.69) is 9.97 Å². The molecule has 0 aromatic carbocycles. The fraction of sp³-hybridized carbons (Fsp3) is 0. The van der Waals surface area contributed by atoms with E-state index in [9.17, 15) is 29.4 Å². The van der Waals surface area contributed by atoms with E-state index in [-0.39, 0.29) is 19.5 Å². The molecule has 0 fully saturated rings. The molecule has 0 saturated carbocycles. The van der Waals surface area contributed by atoms with Crippen molar-refractivity contribution in [2.75, 3.05) is 0 Å². The van der Waals surface area contributed by atoms with Gasteiger partial charge < -0.3 is 20.2 Å². The Morgan fingerprint density at radius 3 is 1.21 bits per heavy atom. The summed E-state index contributed by atoms with van der Waals surface area (Å²) in [4.78, 5) is 53.1. The van der Waals surface area contributed by atoms with Gasteiger partial charge in [-0.15, -0.1) is 0 Å². The summed E-state index contributed by atoms with van der Waals surface area (Å²) in [5.41, 5.74) is -3.52. The van der Waals surface area contributed by atoms with Crippen LogP contribution in [0.4, 0.5) is 0 Å². The van der Waals surface area contributed by atoms with Crippen LogP contribution in [0.25, 0.3) is 0 Å². The predicted octanol–water partition coefficient (Wildman–Crippen LogP) is -4.94. The Morgan fingerprint density at radius 2 is 1.00 bits per heavy atom. The fourth-order valence-corrected chi connectivity index (χ4v) is 0.747. The number of aromatic amines is 4. The van der Waals surface area contributed by atoms with Crippen LogP contribution in [0.1, 0.15) is 0 Å². The molecule has 12 nitrogen and oxygen atoms in total. The van der Waals surface area contributed by atoms with E-state index in [0.29, 0.717) is 0 Å². The summed E-state index contributed by atoms with van der Waals surface area (Å²) in [5.74, 6) is 0. The minimum atomic E-state index is -0.927. The van der Waals surface area contributed by atoms with Crippen LogP contribution in [0.15, 0.2) is 19.2 Å². The van der Waals surface area contributed by atoms with Gasteiger partial charge in [0.15, 0.2) is 0 Å². The third-order valence-corrected chi connectivity index (χ3v) is 1.29. The smallest absolute Gasteiger partial charge is 0.846 e. The Morgan fingerprint density at radius 1 is 0.684 bits per heavy atom. The minimum absolute atomic E-state index is 0. The number of nitrogens with zero attached hydrogens (tertiary/aromatic N) is 2. The molecular formula is C6H4N6O6Zn. The molecule has 13 heteroatoms.